The maximum absolute atomic E-state index is 14.3. The normalized spacial score (nSPS) is 15.6. The molecular weight excluding hydrogens is 506 g/mol. The van der Waals surface area contributed by atoms with E-state index in [2.05, 4.69) is 0 Å². The molecule has 0 bridgehead atoms. The predicted molar refractivity (Wildman–Crippen MR) is 138 cm³/mol. The van der Waals surface area contributed by atoms with Gasteiger partial charge in [-0.1, -0.05) is 30.4 Å². The molecule has 3 heterocycles. The minimum atomic E-state index is -2.95. The van der Waals surface area contributed by atoms with Gasteiger partial charge in [-0.25, -0.2) is 8.78 Å². The molecule has 4 rings (SSSR count). The van der Waals surface area contributed by atoms with E-state index >= 15 is 0 Å². The van der Waals surface area contributed by atoms with E-state index in [1.54, 1.807) is 54.6 Å². The molecule has 2 aromatic heterocycles. The summed E-state index contributed by atoms with van der Waals surface area (Å²) in [6.45, 7) is -0.718. The molecule has 0 unspecified atom stereocenters. The highest BCUT2D eigenvalue weighted by Gasteiger charge is 2.37. The molecule has 0 saturated carbocycles. The number of hydrogen-bond donors (Lipinski definition) is 0. The largest absolute Gasteiger partial charge is 0.485 e. The average molecular weight is 525 g/mol. The lowest BCUT2D eigenvalue weighted by Crippen LogP contribution is -2.24. The van der Waals surface area contributed by atoms with Gasteiger partial charge in [0.05, 0.1) is 0 Å². The molecule has 0 saturated heterocycles. The third-order valence-corrected chi connectivity index (χ3v) is 7.04. The number of fused-ring (bicyclic) bond motifs is 1. The zero-order chi connectivity index (χ0) is 27.1. The van der Waals surface area contributed by atoms with Gasteiger partial charge in [0, 0.05) is 16.9 Å². The number of rotatable bonds is 6. The standard InChI is InChI=1S/C29H18F2N4O2S/c30-29(31)12-11-24-26(36-18-29)28(25-10-9-23(37-25)6-2-5-21(16-34)17-35)38-27(24)22-8-7-19(13-22)3-1-4-20(14-32)15-33/h1-10H,11-13,18H2/b3-1+,6-2+. The summed E-state index contributed by atoms with van der Waals surface area (Å²) < 4.78 is 40.1. The van der Waals surface area contributed by atoms with Crippen molar-refractivity contribution in [2.24, 2.45) is 0 Å². The van der Waals surface area contributed by atoms with E-state index in [0.29, 0.717) is 34.1 Å². The third kappa shape index (κ3) is 5.88. The first-order valence-corrected chi connectivity index (χ1v) is 12.2. The summed E-state index contributed by atoms with van der Waals surface area (Å²) >= 11 is 1.41. The molecule has 38 heavy (non-hydrogen) atoms. The van der Waals surface area contributed by atoms with Crippen molar-refractivity contribution in [2.45, 2.75) is 25.2 Å². The molecule has 0 fully saturated rings. The van der Waals surface area contributed by atoms with Crippen LogP contribution in [0.15, 0.2) is 75.8 Å². The smallest absolute Gasteiger partial charge is 0.281 e. The lowest BCUT2D eigenvalue weighted by atomic mass is 10.0. The Morgan fingerprint density at radius 2 is 1.61 bits per heavy atom. The number of allylic oxidation sites excluding steroid dienone is 11. The van der Waals surface area contributed by atoms with E-state index < -0.39 is 12.5 Å². The van der Waals surface area contributed by atoms with Crippen LogP contribution in [0.3, 0.4) is 0 Å². The minimum Gasteiger partial charge on any atom is -0.485 e. The van der Waals surface area contributed by atoms with Crippen molar-refractivity contribution in [3.63, 3.8) is 0 Å². The highest BCUT2D eigenvalue weighted by molar-refractivity contribution is 7.17. The Morgan fingerprint density at radius 3 is 2.29 bits per heavy atom. The molecule has 0 amide bonds. The SMILES string of the molecule is N#CC(C#N)=C/C=C/C1=CC=C(c2sc(-c3ccc(/C=C/C=C(C#N)C#N)o3)c3c2CCC(F)(F)CO3)C1. The predicted octanol–water partition coefficient (Wildman–Crippen LogP) is 7.20. The van der Waals surface area contributed by atoms with E-state index in [1.165, 1.54) is 29.6 Å². The first-order valence-electron chi connectivity index (χ1n) is 11.4. The molecule has 1 aliphatic carbocycles. The van der Waals surface area contributed by atoms with E-state index in [-0.39, 0.29) is 24.0 Å². The first kappa shape index (κ1) is 26.1. The molecule has 1 aliphatic heterocycles. The summed E-state index contributed by atoms with van der Waals surface area (Å²) in [5.74, 6) is -1.63. The highest BCUT2D eigenvalue weighted by Crippen LogP contribution is 2.50. The van der Waals surface area contributed by atoms with Crippen LogP contribution in [0.5, 0.6) is 5.75 Å². The third-order valence-electron chi connectivity index (χ3n) is 5.74. The summed E-state index contributed by atoms with van der Waals surface area (Å²) in [6.07, 6.45) is 13.6. The van der Waals surface area contributed by atoms with Gasteiger partial charge in [0.15, 0.2) is 6.61 Å². The Kier molecular flexibility index (Phi) is 7.83. The number of ether oxygens (including phenoxy) is 1. The van der Waals surface area contributed by atoms with Crippen molar-refractivity contribution < 1.29 is 17.9 Å². The van der Waals surface area contributed by atoms with Crippen molar-refractivity contribution in [2.75, 3.05) is 6.61 Å². The molecule has 6 nitrogen and oxygen atoms in total. The van der Waals surface area contributed by atoms with Crippen LogP contribution in [-0.2, 0) is 6.42 Å². The van der Waals surface area contributed by atoms with E-state index in [1.807, 2.05) is 12.2 Å². The molecule has 9 heteroatoms. The van der Waals surface area contributed by atoms with Crippen LogP contribution in [0, 0.1) is 45.3 Å². The quantitative estimate of drug-likeness (QED) is 0.291. The van der Waals surface area contributed by atoms with E-state index in [4.69, 9.17) is 30.2 Å². The number of hydrogen-bond acceptors (Lipinski definition) is 7. The van der Waals surface area contributed by atoms with Gasteiger partial charge in [-0.05, 0) is 54.3 Å². The summed E-state index contributed by atoms with van der Waals surface area (Å²) in [4.78, 5) is 1.46. The van der Waals surface area contributed by atoms with Crippen molar-refractivity contribution >= 4 is 23.0 Å². The van der Waals surface area contributed by atoms with Gasteiger partial charge in [0.2, 0.25) is 0 Å². The summed E-state index contributed by atoms with van der Waals surface area (Å²) in [6, 6.07) is 10.6. The Hall–Kier alpha value is -4.96. The van der Waals surface area contributed by atoms with Crippen LogP contribution in [0.1, 0.15) is 29.0 Å². The lowest BCUT2D eigenvalue weighted by Gasteiger charge is -2.12. The molecule has 0 atom stereocenters. The fourth-order valence-corrected chi connectivity index (χ4v) is 5.17. The summed E-state index contributed by atoms with van der Waals surface area (Å²) in [5, 5.41) is 35.4. The Bertz CT molecular complexity index is 1590. The fraction of sp³-hybridized carbons (Fsp3) is 0.172. The monoisotopic (exact) mass is 524 g/mol. The van der Waals surface area contributed by atoms with Crippen LogP contribution in [0.2, 0.25) is 0 Å². The maximum atomic E-state index is 14.3. The van der Waals surface area contributed by atoms with Crippen molar-refractivity contribution in [1.29, 1.82) is 21.0 Å². The van der Waals surface area contributed by atoms with Crippen molar-refractivity contribution in [3.8, 4) is 40.7 Å². The molecule has 0 radical (unpaired) electrons. The van der Waals surface area contributed by atoms with Crippen LogP contribution in [0.4, 0.5) is 8.78 Å². The molecule has 186 valence electrons. The summed E-state index contributed by atoms with van der Waals surface area (Å²) in [7, 11) is 0. The zero-order valence-electron chi connectivity index (χ0n) is 19.9. The molecule has 0 spiro atoms. The van der Waals surface area contributed by atoms with Crippen molar-refractivity contribution in [3.05, 3.63) is 87.6 Å². The van der Waals surface area contributed by atoms with E-state index in [0.717, 1.165) is 16.0 Å². The number of nitriles is 4. The van der Waals surface area contributed by atoms with E-state index in [9.17, 15) is 8.78 Å². The van der Waals surface area contributed by atoms with Crippen LogP contribution in [-0.4, -0.2) is 12.5 Å². The van der Waals surface area contributed by atoms with Gasteiger partial charge < -0.3 is 9.15 Å². The molecular formula is C29H18F2N4O2S. The summed E-state index contributed by atoms with van der Waals surface area (Å²) in [5.41, 5.74) is 2.57. The maximum Gasteiger partial charge on any atom is 0.281 e. The van der Waals surface area contributed by atoms with Gasteiger partial charge >= 0.3 is 0 Å². The number of alkyl halides is 2. The molecule has 0 N–H and O–H groups in total. The van der Waals surface area contributed by atoms with Crippen LogP contribution >= 0.6 is 11.3 Å². The van der Waals surface area contributed by atoms with Gasteiger partial charge in [-0.3, -0.25) is 0 Å². The zero-order valence-corrected chi connectivity index (χ0v) is 20.7. The van der Waals surface area contributed by atoms with Crippen LogP contribution < -0.4 is 4.74 Å². The average Bonchev–Trinajstić information content (AvgIpc) is 3.63. The number of nitrogens with zero attached hydrogens (tertiary/aromatic N) is 4. The number of halogens is 2. The van der Waals surface area contributed by atoms with Gasteiger partial charge in [0.1, 0.15) is 57.6 Å². The van der Waals surface area contributed by atoms with Gasteiger partial charge in [-0.15, -0.1) is 11.3 Å². The minimum absolute atomic E-state index is 0.00132. The lowest BCUT2D eigenvalue weighted by molar-refractivity contribution is -0.0421. The fourth-order valence-electron chi connectivity index (χ4n) is 3.90. The Morgan fingerprint density at radius 1 is 0.921 bits per heavy atom. The second kappa shape index (κ2) is 11.4. The number of furan rings is 1. The van der Waals surface area contributed by atoms with Crippen LogP contribution in [0.25, 0.3) is 22.3 Å². The second-order valence-electron chi connectivity index (χ2n) is 8.35. The van der Waals surface area contributed by atoms with Gasteiger partial charge in [0.25, 0.3) is 5.92 Å². The number of thiophene rings is 1. The first-order chi connectivity index (χ1) is 18.4. The Balaban J connectivity index is 1.63. The molecule has 2 aliphatic rings. The highest BCUT2D eigenvalue weighted by atomic mass is 32.1. The van der Waals surface area contributed by atoms with Crippen molar-refractivity contribution in [1.82, 2.24) is 0 Å². The Labute approximate surface area is 221 Å². The molecule has 0 aromatic carbocycles. The van der Waals surface area contributed by atoms with Gasteiger partial charge in [-0.2, -0.15) is 21.0 Å². The topological polar surface area (TPSA) is 118 Å². The second-order valence-corrected chi connectivity index (χ2v) is 9.37. The molecule has 2 aromatic rings.